The highest BCUT2D eigenvalue weighted by Crippen LogP contribution is 2.20. The normalized spacial score (nSPS) is 11.7. The number of rotatable bonds is 7. The zero-order valence-corrected chi connectivity index (χ0v) is 15.2. The molecule has 2 aromatic rings. The van der Waals surface area contributed by atoms with E-state index in [0.717, 1.165) is 6.07 Å². The lowest BCUT2D eigenvalue weighted by Gasteiger charge is -2.22. The van der Waals surface area contributed by atoms with Gasteiger partial charge in [-0.3, -0.25) is 9.59 Å². The van der Waals surface area contributed by atoms with E-state index in [-0.39, 0.29) is 17.5 Å². The largest absolute Gasteiger partial charge is 0.484 e. The number of nitrogens with one attached hydrogen (secondary N) is 2. The minimum atomic E-state index is -0.772. The Labute approximate surface area is 156 Å². The molecule has 0 unspecified atom stereocenters. The minimum Gasteiger partial charge on any atom is -0.484 e. The van der Waals surface area contributed by atoms with Crippen molar-refractivity contribution in [3.63, 3.8) is 0 Å². The molecule has 26 heavy (non-hydrogen) atoms. The number of halogens is 2. The minimum absolute atomic E-state index is 0.0933. The molecule has 2 rings (SSSR count). The molecule has 0 aliphatic carbocycles. The molecule has 0 aromatic heterocycles. The Kier molecular flexibility index (Phi) is 6.97. The van der Waals surface area contributed by atoms with Gasteiger partial charge < -0.3 is 15.4 Å². The Hall–Kier alpha value is -2.60. The number of amides is 2. The van der Waals surface area contributed by atoms with Crippen molar-refractivity contribution in [3.8, 4) is 5.75 Å². The van der Waals surface area contributed by atoms with Crippen LogP contribution in [0.5, 0.6) is 5.75 Å². The molecule has 0 aliphatic rings. The van der Waals surface area contributed by atoms with Crippen LogP contribution in [0.15, 0.2) is 48.5 Å². The second-order valence-electron chi connectivity index (χ2n) is 6.01. The number of benzene rings is 2. The summed E-state index contributed by atoms with van der Waals surface area (Å²) in [6.45, 7) is 3.41. The Morgan fingerprint density at radius 2 is 1.85 bits per heavy atom. The van der Waals surface area contributed by atoms with Crippen molar-refractivity contribution in [2.45, 2.75) is 19.9 Å². The average Bonchev–Trinajstić information content (AvgIpc) is 2.61. The Balaban J connectivity index is 1.95. The maximum Gasteiger partial charge on any atom is 0.258 e. The maximum absolute atomic E-state index is 13.2. The summed E-state index contributed by atoms with van der Waals surface area (Å²) < 4.78 is 18.6. The summed E-state index contributed by atoms with van der Waals surface area (Å²) in [5.41, 5.74) is 0.349. The lowest BCUT2D eigenvalue weighted by molar-refractivity contribution is -0.128. The molecule has 138 valence electrons. The summed E-state index contributed by atoms with van der Waals surface area (Å²) in [4.78, 5) is 24.6. The molecule has 0 saturated carbocycles. The number of para-hydroxylation sites is 1. The first-order valence-corrected chi connectivity index (χ1v) is 8.47. The van der Waals surface area contributed by atoms with Crippen LogP contribution in [-0.4, -0.2) is 24.5 Å². The van der Waals surface area contributed by atoms with Crippen LogP contribution in [-0.2, 0) is 9.59 Å². The predicted molar refractivity (Wildman–Crippen MR) is 98.7 cm³/mol. The van der Waals surface area contributed by atoms with Crippen molar-refractivity contribution in [3.05, 3.63) is 59.4 Å². The number of ether oxygens (including phenoxy) is 1. The van der Waals surface area contributed by atoms with Crippen LogP contribution in [0.4, 0.5) is 10.1 Å². The lowest BCUT2D eigenvalue weighted by Crippen LogP contribution is -2.48. The molecule has 1 atom stereocenters. The van der Waals surface area contributed by atoms with Crippen LogP contribution < -0.4 is 15.4 Å². The van der Waals surface area contributed by atoms with Gasteiger partial charge in [0.2, 0.25) is 5.91 Å². The number of carbonyl (C=O) groups excluding carboxylic acids is 2. The number of carbonyl (C=O) groups is 2. The van der Waals surface area contributed by atoms with E-state index in [1.54, 1.807) is 38.1 Å². The molecular formula is C19H20ClFN2O3. The van der Waals surface area contributed by atoms with E-state index in [0.29, 0.717) is 11.4 Å². The molecule has 0 saturated heterocycles. The van der Waals surface area contributed by atoms with E-state index < -0.39 is 23.7 Å². The Bertz CT molecular complexity index is 769. The Morgan fingerprint density at radius 3 is 2.46 bits per heavy atom. The zero-order chi connectivity index (χ0) is 19.1. The molecule has 0 fully saturated rings. The lowest BCUT2D eigenvalue weighted by atomic mass is 10.0. The van der Waals surface area contributed by atoms with Gasteiger partial charge in [0.05, 0.1) is 5.02 Å². The van der Waals surface area contributed by atoms with E-state index in [4.69, 9.17) is 16.3 Å². The van der Waals surface area contributed by atoms with Gasteiger partial charge in [0, 0.05) is 5.69 Å². The smallest absolute Gasteiger partial charge is 0.258 e. The van der Waals surface area contributed by atoms with Crippen molar-refractivity contribution in [2.75, 3.05) is 11.9 Å². The average molecular weight is 379 g/mol. The van der Waals surface area contributed by atoms with Gasteiger partial charge in [0.15, 0.2) is 6.61 Å². The molecule has 5 nitrogen and oxygen atoms in total. The van der Waals surface area contributed by atoms with Crippen LogP contribution in [0.3, 0.4) is 0 Å². The third kappa shape index (κ3) is 5.74. The maximum atomic E-state index is 13.2. The van der Waals surface area contributed by atoms with Gasteiger partial charge in [-0.2, -0.15) is 0 Å². The van der Waals surface area contributed by atoms with Gasteiger partial charge in [-0.15, -0.1) is 0 Å². The number of anilines is 1. The summed E-state index contributed by atoms with van der Waals surface area (Å²) in [5, 5.41) is 5.18. The third-order valence-electron chi connectivity index (χ3n) is 3.57. The monoisotopic (exact) mass is 378 g/mol. The van der Waals surface area contributed by atoms with Crippen LogP contribution in [0.2, 0.25) is 5.02 Å². The highest BCUT2D eigenvalue weighted by Gasteiger charge is 2.24. The van der Waals surface area contributed by atoms with E-state index in [9.17, 15) is 14.0 Å². The first-order chi connectivity index (χ1) is 12.4. The zero-order valence-electron chi connectivity index (χ0n) is 14.5. The van der Waals surface area contributed by atoms with Crippen LogP contribution in [0.1, 0.15) is 13.8 Å². The standard InChI is InChI=1S/C19H20ClFN2O3/c1-12(2)18(19(25)22-13-8-9-16(21)15(20)10-13)23-17(24)11-26-14-6-4-3-5-7-14/h3-10,12,18H,11H2,1-2H3,(H,22,25)(H,23,24)/t18-/m1/s1. The molecule has 0 heterocycles. The van der Waals surface area contributed by atoms with Gasteiger partial charge in [-0.05, 0) is 36.2 Å². The fourth-order valence-electron chi connectivity index (χ4n) is 2.21. The van der Waals surface area contributed by atoms with Gasteiger partial charge in [-0.25, -0.2) is 4.39 Å². The van der Waals surface area contributed by atoms with E-state index in [1.807, 2.05) is 6.07 Å². The van der Waals surface area contributed by atoms with E-state index >= 15 is 0 Å². The summed E-state index contributed by atoms with van der Waals surface area (Å²) >= 11 is 5.71. The van der Waals surface area contributed by atoms with Crippen molar-refractivity contribution in [1.29, 1.82) is 0 Å². The van der Waals surface area contributed by atoms with Gasteiger partial charge >= 0.3 is 0 Å². The van der Waals surface area contributed by atoms with Gasteiger partial charge in [0.1, 0.15) is 17.6 Å². The van der Waals surface area contributed by atoms with Crippen molar-refractivity contribution in [2.24, 2.45) is 5.92 Å². The molecule has 2 N–H and O–H groups in total. The fraction of sp³-hybridized carbons (Fsp3) is 0.263. The molecule has 7 heteroatoms. The molecular weight excluding hydrogens is 359 g/mol. The molecule has 0 bridgehead atoms. The van der Waals surface area contributed by atoms with E-state index in [1.165, 1.54) is 12.1 Å². The first-order valence-electron chi connectivity index (χ1n) is 8.10. The number of hydrogen-bond donors (Lipinski definition) is 2. The fourth-order valence-corrected chi connectivity index (χ4v) is 2.39. The SMILES string of the molecule is CC(C)[C@@H](NC(=O)COc1ccccc1)C(=O)Nc1ccc(F)c(Cl)c1. The topological polar surface area (TPSA) is 67.4 Å². The van der Waals surface area contributed by atoms with E-state index in [2.05, 4.69) is 10.6 Å². The quantitative estimate of drug-likeness (QED) is 0.773. The third-order valence-corrected chi connectivity index (χ3v) is 3.86. The van der Waals surface area contributed by atoms with Gasteiger partial charge in [-0.1, -0.05) is 43.6 Å². The summed E-state index contributed by atoms with van der Waals surface area (Å²) in [7, 11) is 0. The summed E-state index contributed by atoms with van der Waals surface area (Å²) in [6.07, 6.45) is 0. The van der Waals surface area contributed by atoms with Crippen molar-refractivity contribution < 1.29 is 18.7 Å². The van der Waals surface area contributed by atoms with Crippen LogP contribution >= 0.6 is 11.6 Å². The molecule has 0 aliphatic heterocycles. The second kappa shape index (κ2) is 9.20. The Morgan fingerprint density at radius 1 is 1.15 bits per heavy atom. The highest BCUT2D eigenvalue weighted by molar-refractivity contribution is 6.31. The van der Waals surface area contributed by atoms with Crippen molar-refractivity contribution >= 4 is 29.1 Å². The predicted octanol–water partition coefficient (Wildman–Crippen LogP) is 3.64. The molecule has 2 aromatic carbocycles. The highest BCUT2D eigenvalue weighted by atomic mass is 35.5. The summed E-state index contributed by atoms with van der Waals surface area (Å²) in [5.74, 6) is -1.01. The molecule has 0 radical (unpaired) electrons. The van der Waals surface area contributed by atoms with Crippen LogP contribution in [0, 0.1) is 11.7 Å². The van der Waals surface area contributed by atoms with Gasteiger partial charge in [0.25, 0.3) is 5.91 Å². The number of hydrogen-bond acceptors (Lipinski definition) is 3. The molecule has 2 amide bonds. The molecule has 0 spiro atoms. The first kappa shape index (κ1) is 19.7. The van der Waals surface area contributed by atoms with Crippen molar-refractivity contribution in [1.82, 2.24) is 5.32 Å². The van der Waals surface area contributed by atoms with Crippen LogP contribution in [0.25, 0.3) is 0 Å². The summed E-state index contributed by atoms with van der Waals surface area (Å²) in [6, 6.07) is 12.0. The second-order valence-corrected chi connectivity index (χ2v) is 6.42.